The van der Waals surface area contributed by atoms with Crippen LogP contribution in [0.5, 0.6) is 0 Å². The second-order valence-electron chi connectivity index (χ2n) is 11.2. The van der Waals surface area contributed by atoms with E-state index in [0.29, 0.717) is 12.8 Å². The van der Waals surface area contributed by atoms with Gasteiger partial charge in [0.1, 0.15) is 27.0 Å². The summed E-state index contributed by atoms with van der Waals surface area (Å²) in [4.78, 5) is 15.5. The molecular formula is C26H27FN4O6S3. The fraction of sp³-hybridized carbons (Fsp3) is 0.462. The number of hydrogen-bond acceptors (Lipinski definition) is 8. The number of hydrogen-bond donors (Lipinski definition) is 3. The third-order valence-electron chi connectivity index (χ3n) is 8.73. The molecule has 2 unspecified atom stereocenters. The first-order valence-electron chi connectivity index (χ1n) is 13.2. The molecule has 1 amide bonds. The molecule has 3 fully saturated rings. The Morgan fingerprint density at radius 1 is 1.15 bits per heavy atom. The summed E-state index contributed by atoms with van der Waals surface area (Å²) in [5.41, 5.74) is 0.815. The number of thiophene rings is 1. The molecule has 5 aliphatic rings. The zero-order valence-electron chi connectivity index (χ0n) is 21.2. The number of nitrogens with one attached hydrogen (secondary N) is 2. The number of anilines is 1. The molecule has 1 aromatic carbocycles. The van der Waals surface area contributed by atoms with Crippen molar-refractivity contribution in [2.24, 2.45) is 22.2 Å². The molecule has 10 nitrogen and oxygen atoms in total. The molecule has 40 heavy (non-hydrogen) atoms. The van der Waals surface area contributed by atoms with Crippen molar-refractivity contribution in [2.45, 2.75) is 61.4 Å². The van der Waals surface area contributed by atoms with Gasteiger partial charge in [0.2, 0.25) is 10.0 Å². The summed E-state index contributed by atoms with van der Waals surface area (Å²) < 4.78 is 71.3. The first-order chi connectivity index (χ1) is 19.0. The fourth-order valence-corrected chi connectivity index (χ4v) is 10.7. The van der Waals surface area contributed by atoms with E-state index in [1.807, 2.05) is 0 Å². The maximum atomic E-state index is 14.0. The van der Waals surface area contributed by atoms with Gasteiger partial charge in [0.15, 0.2) is 5.84 Å². The van der Waals surface area contributed by atoms with Crippen molar-refractivity contribution in [1.29, 1.82) is 0 Å². The molecule has 0 saturated heterocycles. The highest BCUT2D eigenvalue weighted by Gasteiger charge is 2.57. The van der Waals surface area contributed by atoms with E-state index >= 15 is 0 Å². The first kappa shape index (κ1) is 26.1. The van der Waals surface area contributed by atoms with Gasteiger partial charge in [-0.05, 0) is 67.0 Å². The van der Waals surface area contributed by atoms with Gasteiger partial charge in [0.25, 0.3) is 15.9 Å². The van der Waals surface area contributed by atoms with E-state index in [1.54, 1.807) is 22.4 Å². The molecular weight excluding hydrogens is 580 g/mol. The lowest BCUT2D eigenvalue weighted by Crippen LogP contribution is -2.53. The van der Waals surface area contributed by atoms with E-state index in [0.717, 1.165) is 36.2 Å². The van der Waals surface area contributed by atoms with E-state index in [9.17, 15) is 31.1 Å². The van der Waals surface area contributed by atoms with Gasteiger partial charge < -0.3 is 15.3 Å². The minimum absolute atomic E-state index is 0.135. The maximum Gasteiger partial charge on any atom is 0.287 e. The predicted octanol–water partition coefficient (Wildman–Crippen LogP) is 3.25. The Bertz CT molecular complexity index is 1700. The highest BCUT2D eigenvalue weighted by molar-refractivity contribution is 7.91. The Morgan fingerprint density at radius 2 is 1.88 bits per heavy atom. The molecule has 1 aromatic heterocycles. The Kier molecular flexibility index (Phi) is 5.94. The van der Waals surface area contributed by atoms with Crippen molar-refractivity contribution in [3.8, 4) is 0 Å². The molecule has 2 bridgehead atoms. The van der Waals surface area contributed by atoms with Crippen LogP contribution in [0.1, 0.15) is 43.2 Å². The van der Waals surface area contributed by atoms with E-state index in [1.165, 1.54) is 12.1 Å². The Balaban J connectivity index is 1.23. The van der Waals surface area contributed by atoms with Crippen LogP contribution < -0.4 is 10.0 Å². The van der Waals surface area contributed by atoms with Crippen LogP contribution >= 0.6 is 11.3 Å². The van der Waals surface area contributed by atoms with Gasteiger partial charge in [-0.3, -0.25) is 4.79 Å². The standard InChI is InChI=1S/C26H27FN4O6S3/c27-17-5-1-13(2-6-17)11-31-21-15-4-3-14(9-15)19(21)22(32)20(26(31)33)24-29-25-23(40(36,37)30-24)16(12-38-25)10-28-39(34,35)18-7-8-18/h1-2,5-6,12,14-15,18-19,21,28,32H,3-4,7-11H2,(H,29,30)/t14-,15+,19?,21?/m0/s1. The smallest absolute Gasteiger partial charge is 0.287 e. The number of fused-ring (bicyclic) bond motifs is 6. The molecule has 2 aromatic rings. The lowest BCUT2D eigenvalue weighted by Gasteiger charge is -2.44. The summed E-state index contributed by atoms with van der Waals surface area (Å²) in [6, 6.07) is 5.65. The second kappa shape index (κ2) is 9.10. The minimum atomic E-state index is -4.32. The van der Waals surface area contributed by atoms with Crippen LogP contribution in [-0.4, -0.2) is 49.9 Å². The summed E-state index contributed by atoms with van der Waals surface area (Å²) in [7, 11) is -7.84. The van der Waals surface area contributed by atoms with Gasteiger partial charge in [-0.25, -0.2) is 17.5 Å². The summed E-state index contributed by atoms with van der Waals surface area (Å²) >= 11 is 1.06. The monoisotopic (exact) mass is 606 g/mol. The lowest BCUT2D eigenvalue weighted by atomic mass is 9.77. The number of amidine groups is 1. The van der Waals surface area contributed by atoms with E-state index in [2.05, 4.69) is 14.4 Å². The summed E-state index contributed by atoms with van der Waals surface area (Å²) in [6.45, 7) is -0.00255. The molecule has 4 atom stereocenters. The van der Waals surface area contributed by atoms with Crippen LogP contribution in [-0.2, 0) is 37.9 Å². The molecule has 0 spiro atoms. The zero-order chi connectivity index (χ0) is 28.0. The molecule has 3 N–H and O–H groups in total. The SMILES string of the molecule is O=C1C(C2=NS(=O)(=O)c3c(CNS(=O)(=O)C4CC4)csc3N2)=C(O)C2C([C@@H]3CC[C@H]2C3)N1Cc1ccc(F)cc1. The van der Waals surface area contributed by atoms with E-state index in [4.69, 9.17) is 0 Å². The Labute approximate surface area is 235 Å². The van der Waals surface area contributed by atoms with Crippen molar-refractivity contribution in [2.75, 3.05) is 5.32 Å². The van der Waals surface area contributed by atoms with E-state index < -0.39 is 31.2 Å². The molecule has 212 valence electrons. The highest BCUT2D eigenvalue weighted by atomic mass is 32.2. The highest BCUT2D eigenvalue weighted by Crippen LogP contribution is 2.55. The van der Waals surface area contributed by atoms with Gasteiger partial charge in [-0.1, -0.05) is 12.1 Å². The number of amides is 1. The van der Waals surface area contributed by atoms with Crippen molar-refractivity contribution in [1.82, 2.24) is 9.62 Å². The summed E-state index contributed by atoms with van der Waals surface area (Å²) in [5.74, 6) is -1.26. The second-order valence-corrected chi connectivity index (χ2v) is 15.7. The van der Waals surface area contributed by atoms with Crippen molar-refractivity contribution >= 4 is 48.1 Å². The fourth-order valence-electron chi connectivity index (χ4n) is 6.79. The van der Waals surface area contributed by atoms with Gasteiger partial charge in [-0.2, -0.15) is 8.42 Å². The average molecular weight is 607 g/mol. The van der Waals surface area contributed by atoms with Crippen LogP contribution in [0.3, 0.4) is 0 Å². The number of benzene rings is 1. The topological polar surface area (TPSA) is 145 Å². The van der Waals surface area contributed by atoms with Crippen molar-refractivity contribution < 1.29 is 31.1 Å². The third kappa shape index (κ3) is 4.18. The number of rotatable bonds is 7. The number of halogens is 1. The average Bonchev–Trinajstić information content (AvgIpc) is 3.38. The number of aliphatic hydroxyl groups excluding tert-OH is 1. The van der Waals surface area contributed by atoms with Crippen LogP contribution in [0.4, 0.5) is 9.39 Å². The Hall–Kier alpha value is -2.81. The van der Waals surface area contributed by atoms with Gasteiger partial charge in [0, 0.05) is 30.6 Å². The minimum Gasteiger partial charge on any atom is -0.511 e. The van der Waals surface area contributed by atoms with Gasteiger partial charge in [-0.15, -0.1) is 15.7 Å². The first-order valence-corrected chi connectivity index (χ1v) is 17.1. The molecule has 3 aliphatic carbocycles. The molecule has 3 heterocycles. The van der Waals surface area contributed by atoms with Gasteiger partial charge in [0.05, 0.1) is 5.25 Å². The number of aliphatic hydroxyl groups is 1. The zero-order valence-corrected chi connectivity index (χ0v) is 23.7. The number of sulfonamides is 2. The molecule has 14 heteroatoms. The summed E-state index contributed by atoms with van der Waals surface area (Å²) in [5, 5.41) is 15.7. The summed E-state index contributed by atoms with van der Waals surface area (Å²) in [6.07, 6.45) is 3.89. The lowest BCUT2D eigenvalue weighted by molar-refractivity contribution is -0.134. The molecule has 2 aliphatic heterocycles. The van der Waals surface area contributed by atoms with Crippen molar-refractivity contribution in [3.63, 3.8) is 0 Å². The normalized spacial score (nSPS) is 28.8. The predicted molar refractivity (Wildman–Crippen MR) is 146 cm³/mol. The molecule has 3 saturated carbocycles. The largest absolute Gasteiger partial charge is 0.511 e. The van der Waals surface area contributed by atoms with Crippen LogP contribution in [0.25, 0.3) is 0 Å². The van der Waals surface area contributed by atoms with Crippen LogP contribution in [0.2, 0.25) is 0 Å². The van der Waals surface area contributed by atoms with Gasteiger partial charge >= 0.3 is 0 Å². The van der Waals surface area contributed by atoms with Crippen molar-refractivity contribution in [3.05, 3.63) is 57.9 Å². The molecule has 7 rings (SSSR count). The number of nitrogens with zero attached hydrogens (tertiary/aromatic N) is 2. The van der Waals surface area contributed by atoms with E-state index in [-0.39, 0.29) is 75.3 Å². The quantitative estimate of drug-likeness (QED) is 0.439. The Morgan fingerprint density at radius 3 is 2.60 bits per heavy atom. The number of carbonyl (C=O) groups is 1. The van der Waals surface area contributed by atoms with Crippen LogP contribution in [0.15, 0.2) is 50.3 Å². The third-order valence-corrected chi connectivity index (χ3v) is 13.1. The maximum absolute atomic E-state index is 14.0. The molecule has 0 radical (unpaired) electrons. The van der Waals surface area contributed by atoms with Crippen LogP contribution in [0, 0.1) is 23.6 Å². The number of carbonyl (C=O) groups excluding carboxylic acids is 1.